The lowest BCUT2D eigenvalue weighted by Crippen LogP contribution is -2.32. The second-order valence-corrected chi connectivity index (χ2v) is 7.18. The molecule has 0 spiro atoms. The maximum absolute atomic E-state index is 13.4. The van der Waals surface area contributed by atoms with Gasteiger partial charge >= 0.3 is 0 Å². The molecule has 2 amide bonds. The summed E-state index contributed by atoms with van der Waals surface area (Å²) in [5.41, 5.74) is 1.00. The van der Waals surface area contributed by atoms with E-state index in [9.17, 15) is 19.7 Å². The Bertz CT molecular complexity index is 1270. The molecule has 0 bridgehead atoms. The lowest BCUT2D eigenvalue weighted by Gasteiger charge is -2.17. The Morgan fingerprint density at radius 3 is 2.25 bits per heavy atom. The molecular weight excluding hydrogens is 434 g/mol. The molecule has 32 heavy (non-hydrogen) atoms. The van der Waals surface area contributed by atoms with Crippen LogP contribution in [0.15, 0.2) is 78.5 Å². The van der Waals surface area contributed by atoms with Crippen molar-refractivity contribution in [3.05, 3.63) is 99.2 Å². The van der Waals surface area contributed by atoms with Crippen LogP contribution in [0.2, 0.25) is 5.02 Å². The van der Waals surface area contributed by atoms with Crippen molar-refractivity contribution in [1.82, 2.24) is 0 Å². The third kappa shape index (κ3) is 3.67. The highest BCUT2D eigenvalue weighted by Crippen LogP contribution is 2.38. The van der Waals surface area contributed by atoms with E-state index in [4.69, 9.17) is 16.3 Å². The van der Waals surface area contributed by atoms with Crippen LogP contribution in [0.3, 0.4) is 0 Å². The SMILES string of the molecule is COc1ccccc1NC1=C(c2ccc([N+](=O)[O-])cc2)C(=O)N(c2ccccc2Cl)C1=O. The van der Waals surface area contributed by atoms with Gasteiger partial charge in [-0.05, 0) is 42.0 Å². The number of halogens is 1. The third-order valence-corrected chi connectivity index (χ3v) is 5.23. The predicted molar refractivity (Wildman–Crippen MR) is 121 cm³/mol. The molecule has 0 radical (unpaired) electrons. The summed E-state index contributed by atoms with van der Waals surface area (Å²) in [7, 11) is 1.49. The molecule has 3 aromatic rings. The molecule has 0 aliphatic carbocycles. The van der Waals surface area contributed by atoms with Gasteiger partial charge in [0.2, 0.25) is 0 Å². The predicted octanol–water partition coefficient (Wildman–Crippen LogP) is 4.65. The van der Waals surface area contributed by atoms with Crippen molar-refractivity contribution in [2.75, 3.05) is 17.3 Å². The van der Waals surface area contributed by atoms with Gasteiger partial charge in [-0.3, -0.25) is 19.7 Å². The van der Waals surface area contributed by atoms with E-state index in [0.29, 0.717) is 17.0 Å². The molecule has 0 unspecified atom stereocenters. The zero-order valence-corrected chi connectivity index (χ0v) is 17.5. The Morgan fingerprint density at radius 2 is 1.59 bits per heavy atom. The van der Waals surface area contributed by atoms with Gasteiger partial charge < -0.3 is 10.1 Å². The summed E-state index contributed by atoms with van der Waals surface area (Å²) in [4.78, 5) is 38.3. The van der Waals surface area contributed by atoms with E-state index < -0.39 is 16.7 Å². The number of rotatable bonds is 6. The Morgan fingerprint density at radius 1 is 0.938 bits per heavy atom. The number of carbonyl (C=O) groups excluding carboxylic acids is 2. The molecule has 0 saturated heterocycles. The number of amides is 2. The average Bonchev–Trinajstić information content (AvgIpc) is 3.04. The molecule has 3 aromatic carbocycles. The van der Waals surface area contributed by atoms with E-state index in [1.54, 1.807) is 48.5 Å². The van der Waals surface area contributed by atoms with Crippen molar-refractivity contribution in [1.29, 1.82) is 0 Å². The van der Waals surface area contributed by atoms with Crippen molar-refractivity contribution in [2.45, 2.75) is 0 Å². The van der Waals surface area contributed by atoms with Crippen molar-refractivity contribution < 1.29 is 19.2 Å². The number of hydrogen-bond donors (Lipinski definition) is 1. The van der Waals surface area contributed by atoms with Crippen LogP contribution >= 0.6 is 11.6 Å². The van der Waals surface area contributed by atoms with Gasteiger partial charge in [-0.15, -0.1) is 0 Å². The maximum atomic E-state index is 13.4. The molecule has 0 fully saturated rings. The van der Waals surface area contributed by atoms with Gasteiger partial charge in [0.05, 0.1) is 34.0 Å². The summed E-state index contributed by atoms with van der Waals surface area (Å²) in [5, 5.41) is 14.3. The minimum absolute atomic E-state index is 0.00766. The molecule has 0 atom stereocenters. The van der Waals surface area contributed by atoms with Gasteiger partial charge in [0.1, 0.15) is 11.4 Å². The molecule has 0 saturated carbocycles. The quantitative estimate of drug-likeness (QED) is 0.334. The Hall–Kier alpha value is -4.17. The first-order valence-corrected chi connectivity index (χ1v) is 9.82. The van der Waals surface area contributed by atoms with Crippen LogP contribution in [-0.4, -0.2) is 23.8 Å². The number of imide groups is 1. The molecule has 0 aromatic heterocycles. The van der Waals surface area contributed by atoms with E-state index in [0.717, 1.165) is 4.90 Å². The number of para-hydroxylation sites is 3. The highest BCUT2D eigenvalue weighted by atomic mass is 35.5. The minimum atomic E-state index is -0.609. The van der Waals surface area contributed by atoms with Crippen LogP contribution in [0.5, 0.6) is 5.75 Å². The largest absolute Gasteiger partial charge is 0.495 e. The average molecular weight is 450 g/mol. The van der Waals surface area contributed by atoms with E-state index in [-0.39, 0.29) is 27.7 Å². The number of benzene rings is 3. The highest BCUT2D eigenvalue weighted by Gasteiger charge is 2.41. The second kappa shape index (κ2) is 8.52. The lowest BCUT2D eigenvalue weighted by molar-refractivity contribution is -0.384. The van der Waals surface area contributed by atoms with Crippen molar-refractivity contribution in [3.63, 3.8) is 0 Å². The zero-order valence-electron chi connectivity index (χ0n) is 16.7. The number of carbonyl (C=O) groups is 2. The van der Waals surface area contributed by atoms with Gasteiger partial charge in [-0.2, -0.15) is 0 Å². The van der Waals surface area contributed by atoms with Crippen molar-refractivity contribution in [2.24, 2.45) is 0 Å². The normalized spacial score (nSPS) is 13.5. The van der Waals surface area contributed by atoms with E-state index in [1.807, 2.05) is 0 Å². The number of nitrogens with zero attached hydrogens (tertiary/aromatic N) is 2. The third-order valence-electron chi connectivity index (χ3n) is 4.91. The number of nitrogens with one attached hydrogen (secondary N) is 1. The van der Waals surface area contributed by atoms with Gasteiger partial charge in [0.25, 0.3) is 17.5 Å². The molecule has 1 N–H and O–H groups in total. The number of methoxy groups -OCH3 is 1. The maximum Gasteiger partial charge on any atom is 0.282 e. The van der Waals surface area contributed by atoms with Crippen molar-refractivity contribution >= 4 is 46.1 Å². The van der Waals surface area contributed by atoms with E-state index in [1.165, 1.54) is 31.4 Å². The van der Waals surface area contributed by atoms with Crippen LogP contribution in [0.4, 0.5) is 17.1 Å². The number of anilines is 2. The monoisotopic (exact) mass is 449 g/mol. The zero-order chi connectivity index (χ0) is 22.8. The molecule has 1 aliphatic heterocycles. The topological polar surface area (TPSA) is 102 Å². The minimum Gasteiger partial charge on any atom is -0.495 e. The highest BCUT2D eigenvalue weighted by molar-refractivity contribution is 6.48. The summed E-state index contributed by atoms with van der Waals surface area (Å²) in [6.45, 7) is 0. The smallest absolute Gasteiger partial charge is 0.282 e. The molecule has 8 nitrogen and oxygen atoms in total. The summed E-state index contributed by atoms with van der Waals surface area (Å²) in [6, 6.07) is 18.9. The van der Waals surface area contributed by atoms with Gasteiger partial charge in [-0.1, -0.05) is 35.9 Å². The molecule has 4 rings (SSSR count). The summed E-state index contributed by atoms with van der Waals surface area (Å²) < 4.78 is 5.34. The molecule has 160 valence electrons. The molecule has 1 heterocycles. The van der Waals surface area contributed by atoms with Crippen molar-refractivity contribution in [3.8, 4) is 5.75 Å². The number of nitro groups is 1. The fourth-order valence-corrected chi connectivity index (χ4v) is 3.62. The summed E-state index contributed by atoms with van der Waals surface area (Å²) >= 11 is 6.26. The number of ether oxygens (including phenoxy) is 1. The first kappa shape index (κ1) is 21.1. The number of nitro benzene ring substituents is 1. The molecule has 9 heteroatoms. The molecular formula is C23H16ClN3O5. The van der Waals surface area contributed by atoms with Gasteiger partial charge in [0, 0.05) is 12.1 Å². The van der Waals surface area contributed by atoms with Crippen LogP contribution in [0, 0.1) is 10.1 Å². The van der Waals surface area contributed by atoms with Gasteiger partial charge in [0.15, 0.2) is 0 Å². The number of hydrogen-bond acceptors (Lipinski definition) is 6. The number of non-ortho nitro benzene ring substituents is 1. The van der Waals surface area contributed by atoms with Crippen LogP contribution in [-0.2, 0) is 9.59 Å². The summed E-state index contributed by atoms with van der Waals surface area (Å²) in [6.07, 6.45) is 0. The van der Waals surface area contributed by atoms with Crippen LogP contribution in [0.1, 0.15) is 5.56 Å². The Labute approximate surface area is 187 Å². The standard InChI is InChI=1S/C23H16ClN3O5/c1-32-19-9-5-3-7-17(19)25-21-20(14-10-12-15(13-11-14)27(30)31)22(28)26(23(21)29)18-8-4-2-6-16(18)24/h2-13,25H,1H3. The Kier molecular flexibility index (Phi) is 5.61. The fourth-order valence-electron chi connectivity index (χ4n) is 3.40. The summed E-state index contributed by atoms with van der Waals surface area (Å²) in [5.74, 6) is -0.740. The van der Waals surface area contributed by atoms with Crippen LogP contribution in [0.25, 0.3) is 5.57 Å². The molecule has 1 aliphatic rings. The van der Waals surface area contributed by atoms with Gasteiger partial charge in [-0.25, -0.2) is 4.90 Å². The first-order valence-electron chi connectivity index (χ1n) is 9.45. The van der Waals surface area contributed by atoms with E-state index in [2.05, 4.69) is 5.32 Å². The first-order chi connectivity index (χ1) is 15.4. The van der Waals surface area contributed by atoms with E-state index >= 15 is 0 Å². The van der Waals surface area contributed by atoms with Crippen LogP contribution < -0.4 is 15.0 Å². The lowest BCUT2D eigenvalue weighted by atomic mass is 10.0. The Balaban J connectivity index is 1.86. The fraction of sp³-hybridized carbons (Fsp3) is 0.0435. The second-order valence-electron chi connectivity index (χ2n) is 6.78.